The average Bonchev–Trinajstić information content (AvgIpc) is 2.02. The van der Waals surface area contributed by atoms with Crippen molar-refractivity contribution in [2.45, 2.75) is 27.2 Å². The van der Waals surface area contributed by atoms with Crippen LogP contribution < -0.4 is 5.32 Å². The fourth-order valence-electron chi connectivity index (χ4n) is 0.958. The summed E-state index contributed by atoms with van der Waals surface area (Å²) in [6.45, 7) is 10.8. The summed E-state index contributed by atoms with van der Waals surface area (Å²) in [6, 6.07) is 0. The molecule has 68 valence electrons. The third kappa shape index (κ3) is 5.78. The van der Waals surface area contributed by atoms with E-state index in [1.807, 2.05) is 13.8 Å². The van der Waals surface area contributed by atoms with Crippen molar-refractivity contribution in [3.8, 4) is 0 Å². The lowest BCUT2D eigenvalue weighted by Gasteiger charge is -2.04. The van der Waals surface area contributed by atoms with Crippen LogP contribution in [-0.2, 0) is 0 Å². The van der Waals surface area contributed by atoms with Gasteiger partial charge < -0.3 is 5.32 Å². The van der Waals surface area contributed by atoms with Crippen molar-refractivity contribution in [2.75, 3.05) is 6.54 Å². The summed E-state index contributed by atoms with van der Waals surface area (Å²) in [7, 11) is 0. The Bertz CT molecular complexity index is 187. The number of allylic oxidation sites excluding steroid dienone is 4. The van der Waals surface area contributed by atoms with Crippen molar-refractivity contribution in [3.05, 3.63) is 36.1 Å². The van der Waals surface area contributed by atoms with E-state index < -0.39 is 0 Å². The summed E-state index contributed by atoms with van der Waals surface area (Å²) in [5.41, 5.74) is 2.40. The van der Waals surface area contributed by atoms with E-state index >= 15 is 0 Å². The summed E-state index contributed by atoms with van der Waals surface area (Å²) in [6.07, 6.45) is 7.41. The van der Waals surface area contributed by atoms with Gasteiger partial charge in [-0.1, -0.05) is 30.4 Å². The molecule has 1 heteroatoms. The first-order valence-electron chi connectivity index (χ1n) is 4.38. The zero-order chi connectivity index (χ0) is 9.40. The van der Waals surface area contributed by atoms with Crippen LogP contribution in [-0.4, -0.2) is 6.54 Å². The molecule has 0 amide bonds. The zero-order valence-corrected chi connectivity index (χ0v) is 8.35. The zero-order valence-electron chi connectivity index (χ0n) is 8.35. The normalized spacial score (nSPS) is 12.1. The van der Waals surface area contributed by atoms with E-state index in [0.29, 0.717) is 0 Å². The van der Waals surface area contributed by atoms with Gasteiger partial charge in [-0.2, -0.15) is 0 Å². The van der Waals surface area contributed by atoms with Crippen LogP contribution in [0.5, 0.6) is 0 Å². The molecule has 0 fully saturated rings. The minimum Gasteiger partial charge on any atom is -0.389 e. The Labute approximate surface area is 75.9 Å². The lowest BCUT2D eigenvalue weighted by atomic mass is 10.1. The van der Waals surface area contributed by atoms with Crippen molar-refractivity contribution in [1.82, 2.24) is 5.32 Å². The summed E-state index contributed by atoms with van der Waals surface area (Å²) >= 11 is 0. The molecule has 0 saturated carbocycles. The molecule has 0 bridgehead atoms. The van der Waals surface area contributed by atoms with Gasteiger partial charge in [0.2, 0.25) is 0 Å². The first-order chi connectivity index (χ1) is 5.70. The van der Waals surface area contributed by atoms with Crippen LogP contribution in [0.1, 0.15) is 27.2 Å². The van der Waals surface area contributed by atoms with Gasteiger partial charge in [-0.25, -0.2) is 0 Å². The van der Waals surface area contributed by atoms with Gasteiger partial charge in [0, 0.05) is 12.2 Å². The summed E-state index contributed by atoms with van der Waals surface area (Å²) in [5, 5.41) is 3.20. The molecule has 0 aliphatic rings. The highest BCUT2D eigenvalue weighted by molar-refractivity contribution is 5.17. The Morgan fingerprint density at radius 2 is 2.08 bits per heavy atom. The third-order valence-electron chi connectivity index (χ3n) is 1.59. The van der Waals surface area contributed by atoms with Crippen molar-refractivity contribution < 1.29 is 0 Å². The maximum absolute atomic E-state index is 3.78. The highest BCUT2D eigenvalue weighted by Gasteiger charge is 1.89. The topological polar surface area (TPSA) is 12.0 Å². The molecule has 0 aliphatic heterocycles. The predicted molar refractivity (Wildman–Crippen MR) is 56.0 cm³/mol. The Morgan fingerprint density at radius 3 is 2.50 bits per heavy atom. The van der Waals surface area contributed by atoms with E-state index in [0.717, 1.165) is 18.7 Å². The van der Waals surface area contributed by atoms with Crippen LogP contribution in [0.4, 0.5) is 0 Å². The van der Waals surface area contributed by atoms with Gasteiger partial charge in [0.1, 0.15) is 0 Å². The maximum atomic E-state index is 3.78. The van der Waals surface area contributed by atoms with Gasteiger partial charge in [-0.15, -0.1) is 0 Å². The number of hydrogen-bond donors (Lipinski definition) is 1. The fraction of sp³-hybridized carbons (Fsp3) is 0.455. The molecule has 0 spiro atoms. The Morgan fingerprint density at radius 1 is 1.42 bits per heavy atom. The van der Waals surface area contributed by atoms with Gasteiger partial charge in [0.15, 0.2) is 0 Å². The van der Waals surface area contributed by atoms with Gasteiger partial charge in [0.25, 0.3) is 0 Å². The van der Waals surface area contributed by atoms with Gasteiger partial charge in [0.05, 0.1) is 0 Å². The van der Waals surface area contributed by atoms with Crippen LogP contribution in [0.2, 0.25) is 0 Å². The predicted octanol–water partition coefficient (Wildman–Crippen LogP) is 3.02. The SMILES string of the molecule is C=C(C)NCCC(/C=C\C)=C/C. The van der Waals surface area contributed by atoms with E-state index in [4.69, 9.17) is 0 Å². The molecule has 0 aromatic rings. The lowest BCUT2D eigenvalue weighted by molar-refractivity contribution is 0.792. The molecule has 0 rings (SSSR count). The van der Waals surface area contributed by atoms with E-state index in [-0.39, 0.29) is 0 Å². The monoisotopic (exact) mass is 165 g/mol. The molecule has 0 radical (unpaired) electrons. The van der Waals surface area contributed by atoms with Crippen LogP contribution in [0, 0.1) is 0 Å². The molecule has 0 atom stereocenters. The average molecular weight is 165 g/mol. The van der Waals surface area contributed by atoms with Crippen LogP contribution in [0.25, 0.3) is 0 Å². The smallest absolute Gasteiger partial charge is 0.0184 e. The molecule has 0 aromatic heterocycles. The fourth-order valence-corrected chi connectivity index (χ4v) is 0.958. The molecule has 0 saturated heterocycles. The summed E-state index contributed by atoms with van der Waals surface area (Å²) < 4.78 is 0. The van der Waals surface area contributed by atoms with E-state index in [1.165, 1.54) is 5.57 Å². The van der Waals surface area contributed by atoms with Crippen molar-refractivity contribution in [2.24, 2.45) is 0 Å². The van der Waals surface area contributed by atoms with Gasteiger partial charge >= 0.3 is 0 Å². The standard InChI is InChI=1S/C11H19N/c1-5-7-11(6-2)8-9-12-10(3)4/h5-7,12H,3,8-9H2,1-2,4H3/b7-5-,11-6+. The first kappa shape index (κ1) is 11.0. The molecule has 1 nitrogen and oxygen atoms in total. The van der Waals surface area contributed by atoms with Crippen LogP contribution >= 0.6 is 0 Å². The van der Waals surface area contributed by atoms with Crippen LogP contribution in [0.15, 0.2) is 36.1 Å². The van der Waals surface area contributed by atoms with Crippen molar-refractivity contribution in [3.63, 3.8) is 0 Å². The Balaban J connectivity index is 3.67. The summed E-state index contributed by atoms with van der Waals surface area (Å²) in [5.74, 6) is 0. The first-order valence-corrected chi connectivity index (χ1v) is 4.38. The number of rotatable bonds is 5. The highest BCUT2D eigenvalue weighted by Crippen LogP contribution is 2.01. The molecule has 12 heavy (non-hydrogen) atoms. The molecule has 1 N–H and O–H groups in total. The van der Waals surface area contributed by atoms with Gasteiger partial charge in [-0.3, -0.25) is 0 Å². The summed E-state index contributed by atoms with van der Waals surface area (Å²) in [4.78, 5) is 0. The maximum Gasteiger partial charge on any atom is 0.0184 e. The van der Waals surface area contributed by atoms with Crippen LogP contribution in [0.3, 0.4) is 0 Å². The lowest BCUT2D eigenvalue weighted by Crippen LogP contribution is -2.11. The van der Waals surface area contributed by atoms with Crippen molar-refractivity contribution >= 4 is 0 Å². The van der Waals surface area contributed by atoms with E-state index in [1.54, 1.807) is 0 Å². The molecule has 0 heterocycles. The van der Waals surface area contributed by atoms with E-state index in [9.17, 15) is 0 Å². The Hall–Kier alpha value is -0.980. The largest absolute Gasteiger partial charge is 0.389 e. The second-order valence-corrected chi connectivity index (χ2v) is 2.82. The van der Waals surface area contributed by atoms with E-state index in [2.05, 4.69) is 37.0 Å². The minimum absolute atomic E-state index is 0.972. The minimum atomic E-state index is 0.972. The number of nitrogens with one attached hydrogen (secondary N) is 1. The Kier molecular flexibility index (Phi) is 6.16. The molecular formula is C11H19N. The molecule has 0 aliphatic carbocycles. The molecule has 0 aromatic carbocycles. The van der Waals surface area contributed by atoms with Crippen molar-refractivity contribution in [1.29, 1.82) is 0 Å². The molecule has 0 unspecified atom stereocenters. The second kappa shape index (κ2) is 6.71. The quantitative estimate of drug-likeness (QED) is 0.617. The number of hydrogen-bond acceptors (Lipinski definition) is 1. The molecular weight excluding hydrogens is 146 g/mol. The second-order valence-electron chi connectivity index (χ2n) is 2.82. The van der Waals surface area contributed by atoms with Gasteiger partial charge in [-0.05, 0) is 27.2 Å². The highest BCUT2D eigenvalue weighted by atomic mass is 14.9. The third-order valence-corrected chi connectivity index (χ3v) is 1.59.